The van der Waals surface area contributed by atoms with E-state index in [1.165, 1.54) is 5.38 Å². The van der Waals surface area contributed by atoms with Crippen LogP contribution in [0.1, 0.15) is 45.1 Å². The normalized spacial score (nSPS) is 11.2. The van der Waals surface area contributed by atoms with E-state index in [1.54, 1.807) is 34.6 Å². The number of nitrogens with one attached hydrogen (secondary N) is 2. The molecule has 0 unspecified atom stereocenters. The lowest BCUT2D eigenvalue weighted by Crippen LogP contribution is -2.35. The fraction of sp³-hybridized carbons (Fsp3) is 0.571. The van der Waals surface area contributed by atoms with Crippen molar-refractivity contribution in [2.24, 2.45) is 5.92 Å². The van der Waals surface area contributed by atoms with Gasteiger partial charge in [-0.2, -0.15) is 0 Å². The molecular formula is C14H21N3O4S. The van der Waals surface area contributed by atoms with Gasteiger partial charge in [-0.05, 0) is 20.8 Å². The van der Waals surface area contributed by atoms with Crippen molar-refractivity contribution in [1.82, 2.24) is 10.3 Å². The summed E-state index contributed by atoms with van der Waals surface area (Å²) >= 11 is 1.16. The Hall–Kier alpha value is -1.96. The molecule has 0 saturated heterocycles. The van der Waals surface area contributed by atoms with Gasteiger partial charge in [0.15, 0.2) is 5.13 Å². The van der Waals surface area contributed by atoms with E-state index < -0.39 is 11.7 Å². The molecule has 0 bridgehead atoms. The van der Waals surface area contributed by atoms with Gasteiger partial charge in [0.1, 0.15) is 11.3 Å². The second-order valence-corrected chi connectivity index (χ2v) is 6.82. The van der Waals surface area contributed by atoms with Crippen molar-refractivity contribution in [2.45, 2.75) is 40.2 Å². The highest BCUT2D eigenvalue weighted by atomic mass is 32.1. The standard InChI is InChI=1S/C14H21N3O4S/c1-8(2)11(19)17-12-16-9(7-22-12)10(18)6-15-13(20)21-14(3,4)5/h7-8H,6H2,1-5H3,(H,15,20)(H,16,17,19). The molecule has 0 saturated carbocycles. The van der Waals surface area contributed by atoms with Gasteiger partial charge >= 0.3 is 6.09 Å². The predicted octanol–water partition coefficient (Wildman–Crippen LogP) is 2.45. The third-order valence-electron chi connectivity index (χ3n) is 2.34. The average Bonchev–Trinajstić information content (AvgIpc) is 2.82. The highest BCUT2D eigenvalue weighted by molar-refractivity contribution is 7.14. The van der Waals surface area contributed by atoms with Crippen molar-refractivity contribution in [2.75, 3.05) is 11.9 Å². The zero-order chi connectivity index (χ0) is 16.9. The topological polar surface area (TPSA) is 97.4 Å². The number of nitrogens with zero attached hydrogens (tertiary/aromatic N) is 1. The Bertz CT molecular complexity index is 561. The number of ether oxygens (including phenoxy) is 1. The number of ketones is 1. The summed E-state index contributed by atoms with van der Waals surface area (Å²) in [6.07, 6.45) is -0.663. The number of carbonyl (C=O) groups is 3. The Morgan fingerprint density at radius 1 is 1.32 bits per heavy atom. The smallest absolute Gasteiger partial charge is 0.408 e. The molecule has 8 heteroatoms. The summed E-state index contributed by atoms with van der Waals surface area (Å²) in [6.45, 7) is 8.52. The molecule has 0 atom stereocenters. The van der Waals surface area contributed by atoms with Crippen LogP contribution in [0.2, 0.25) is 0 Å². The fourth-order valence-electron chi connectivity index (χ4n) is 1.27. The van der Waals surface area contributed by atoms with Crippen LogP contribution in [0.3, 0.4) is 0 Å². The Balaban J connectivity index is 2.52. The number of hydrogen-bond acceptors (Lipinski definition) is 6. The van der Waals surface area contributed by atoms with E-state index in [0.717, 1.165) is 11.3 Å². The molecule has 122 valence electrons. The lowest BCUT2D eigenvalue weighted by molar-refractivity contribution is -0.118. The number of rotatable bonds is 5. The van der Waals surface area contributed by atoms with Gasteiger partial charge < -0.3 is 15.4 Å². The van der Waals surface area contributed by atoms with Gasteiger partial charge in [0, 0.05) is 11.3 Å². The van der Waals surface area contributed by atoms with Crippen LogP contribution in [-0.2, 0) is 9.53 Å². The fourth-order valence-corrected chi connectivity index (χ4v) is 1.98. The van der Waals surface area contributed by atoms with Crippen molar-refractivity contribution in [3.63, 3.8) is 0 Å². The zero-order valence-corrected chi connectivity index (χ0v) is 14.2. The van der Waals surface area contributed by atoms with Crippen LogP contribution in [0, 0.1) is 5.92 Å². The number of aromatic nitrogens is 1. The number of hydrogen-bond donors (Lipinski definition) is 2. The molecule has 1 rings (SSSR count). The molecule has 0 aliphatic heterocycles. The lowest BCUT2D eigenvalue weighted by atomic mass is 10.2. The maximum absolute atomic E-state index is 11.9. The van der Waals surface area contributed by atoms with Crippen molar-refractivity contribution in [1.29, 1.82) is 0 Å². The molecular weight excluding hydrogens is 306 g/mol. The summed E-state index contributed by atoms with van der Waals surface area (Å²) in [5.74, 6) is -0.690. The highest BCUT2D eigenvalue weighted by Crippen LogP contribution is 2.16. The van der Waals surface area contributed by atoms with Gasteiger partial charge in [-0.15, -0.1) is 11.3 Å². The third kappa shape index (κ3) is 6.21. The number of thiazole rings is 1. The number of Topliss-reactive ketones (excluding diaryl/α,β-unsaturated/α-hetero) is 1. The van der Waals surface area contributed by atoms with Gasteiger partial charge in [-0.1, -0.05) is 13.8 Å². The van der Waals surface area contributed by atoms with E-state index in [-0.39, 0.29) is 29.8 Å². The molecule has 0 fully saturated rings. The van der Waals surface area contributed by atoms with Crippen LogP contribution < -0.4 is 10.6 Å². The van der Waals surface area contributed by atoms with Crippen LogP contribution in [0.25, 0.3) is 0 Å². The molecule has 7 nitrogen and oxygen atoms in total. The minimum absolute atomic E-state index is 0.166. The van der Waals surface area contributed by atoms with Crippen LogP contribution in [0.15, 0.2) is 5.38 Å². The minimum atomic E-state index is -0.663. The summed E-state index contributed by atoms with van der Waals surface area (Å²) < 4.78 is 5.03. The Morgan fingerprint density at radius 2 is 1.95 bits per heavy atom. The third-order valence-corrected chi connectivity index (χ3v) is 3.09. The Kier molecular flexibility index (Phi) is 6.04. The summed E-state index contributed by atoms with van der Waals surface area (Å²) in [7, 11) is 0. The zero-order valence-electron chi connectivity index (χ0n) is 13.4. The molecule has 0 spiro atoms. The number of amides is 2. The SMILES string of the molecule is CC(C)C(=O)Nc1nc(C(=O)CNC(=O)OC(C)(C)C)cs1. The van der Waals surface area contributed by atoms with Gasteiger partial charge in [0.2, 0.25) is 11.7 Å². The van der Waals surface area contributed by atoms with Crippen LogP contribution in [0.4, 0.5) is 9.93 Å². The first-order valence-corrected chi connectivity index (χ1v) is 7.73. The van der Waals surface area contributed by atoms with Crippen LogP contribution >= 0.6 is 11.3 Å². The molecule has 2 N–H and O–H groups in total. The first-order valence-electron chi connectivity index (χ1n) is 6.85. The van der Waals surface area contributed by atoms with E-state index in [4.69, 9.17) is 4.74 Å². The first-order chi connectivity index (χ1) is 10.1. The molecule has 0 aliphatic carbocycles. The van der Waals surface area contributed by atoms with Gasteiger partial charge in [-0.25, -0.2) is 9.78 Å². The van der Waals surface area contributed by atoms with Crippen molar-refractivity contribution < 1.29 is 19.1 Å². The monoisotopic (exact) mass is 327 g/mol. The van der Waals surface area contributed by atoms with Crippen molar-refractivity contribution >= 4 is 34.3 Å². The van der Waals surface area contributed by atoms with Gasteiger partial charge in [0.05, 0.1) is 6.54 Å². The first kappa shape index (κ1) is 18.1. The van der Waals surface area contributed by atoms with Crippen molar-refractivity contribution in [3.8, 4) is 0 Å². The van der Waals surface area contributed by atoms with Crippen LogP contribution in [-0.4, -0.2) is 34.9 Å². The second-order valence-electron chi connectivity index (χ2n) is 5.96. The predicted molar refractivity (Wildman–Crippen MR) is 84.1 cm³/mol. The average molecular weight is 327 g/mol. The highest BCUT2D eigenvalue weighted by Gasteiger charge is 2.18. The number of carbonyl (C=O) groups excluding carboxylic acids is 3. The van der Waals surface area contributed by atoms with Gasteiger partial charge in [-0.3, -0.25) is 9.59 Å². The molecule has 0 aliphatic rings. The molecule has 0 aromatic carbocycles. The molecule has 2 amide bonds. The lowest BCUT2D eigenvalue weighted by Gasteiger charge is -2.19. The van der Waals surface area contributed by atoms with E-state index in [9.17, 15) is 14.4 Å². The minimum Gasteiger partial charge on any atom is -0.444 e. The summed E-state index contributed by atoms with van der Waals surface area (Å²) in [5.41, 5.74) is -0.428. The summed E-state index contributed by atoms with van der Waals surface area (Å²) in [6, 6.07) is 0. The van der Waals surface area contributed by atoms with E-state index in [0.29, 0.717) is 5.13 Å². The largest absolute Gasteiger partial charge is 0.444 e. The summed E-state index contributed by atoms with van der Waals surface area (Å²) in [5, 5.41) is 6.89. The molecule has 1 aromatic heterocycles. The van der Waals surface area contributed by atoms with E-state index in [1.807, 2.05) is 0 Å². The maximum atomic E-state index is 11.9. The quantitative estimate of drug-likeness (QED) is 0.810. The summed E-state index contributed by atoms with van der Waals surface area (Å²) in [4.78, 5) is 38.9. The van der Waals surface area contributed by atoms with E-state index in [2.05, 4.69) is 15.6 Å². The molecule has 22 heavy (non-hydrogen) atoms. The second kappa shape index (κ2) is 7.35. The molecule has 0 radical (unpaired) electrons. The molecule has 1 heterocycles. The Morgan fingerprint density at radius 3 is 2.50 bits per heavy atom. The number of anilines is 1. The van der Waals surface area contributed by atoms with Crippen LogP contribution in [0.5, 0.6) is 0 Å². The number of alkyl carbamates (subject to hydrolysis) is 1. The maximum Gasteiger partial charge on any atom is 0.408 e. The van der Waals surface area contributed by atoms with E-state index >= 15 is 0 Å². The van der Waals surface area contributed by atoms with Crippen molar-refractivity contribution in [3.05, 3.63) is 11.1 Å². The Labute approximate surface area is 133 Å². The molecule has 1 aromatic rings. The van der Waals surface area contributed by atoms with Gasteiger partial charge in [0.25, 0.3) is 0 Å².